The number of nitrogens with zero attached hydrogens (tertiary/aromatic N) is 4. The average molecular weight is 683 g/mol. The standard InChI is InChI=1S/C49H38N4/c1-49(2,3)48-51-46(36-22-14-7-15-23-36)50-47(52-48)42-32-39(35-20-12-6-13-21-35)26-29-45(42)53-43-27-24-37(33-16-8-4-9-17-33)30-40(43)41-31-38(25-28-44(41)53)34-18-10-5-11-19-34/h4-32H,1-3H3. The van der Waals surface area contributed by atoms with Crippen LogP contribution in [0.15, 0.2) is 176 Å². The average Bonchev–Trinajstić information content (AvgIpc) is 3.54. The van der Waals surface area contributed by atoms with Crippen LogP contribution in [0.1, 0.15) is 26.6 Å². The summed E-state index contributed by atoms with van der Waals surface area (Å²) >= 11 is 0. The van der Waals surface area contributed by atoms with Crippen LogP contribution in [-0.4, -0.2) is 19.5 Å². The number of hydrogen-bond donors (Lipinski definition) is 0. The van der Waals surface area contributed by atoms with Gasteiger partial charge in [0.1, 0.15) is 5.82 Å². The molecule has 9 rings (SSSR count). The van der Waals surface area contributed by atoms with Gasteiger partial charge in [-0.15, -0.1) is 0 Å². The topological polar surface area (TPSA) is 43.6 Å². The van der Waals surface area contributed by atoms with Gasteiger partial charge in [-0.05, 0) is 69.8 Å². The minimum atomic E-state index is -0.299. The fourth-order valence-corrected chi connectivity index (χ4v) is 7.17. The highest BCUT2D eigenvalue weighted by Crippen LogP contribution is 2.41. The molecule has 4 nitrogen and oxygen atoms in total. The lowest BCUT2D eigenvalue weighted by molar-refractivity contribution is 0.543. The Labute approximate surface area is 310 Å². The second-order valence-electron chi connectivity index (χ2n) is 14.6. The number of hydrogen-bond acceptors (Lipinski definition) is 3. The molecule has 9 aromatic rings. The molecule has 0 saturated carbocycles. The molecular formula is C49H38N4. The molecule has 2 heterocycles. The zero-order valence-electron chi connectivity index (χ0n) is 30.0. The van der Waals surface area contributed by atoms with E-state index >= 15 is 0 Å². The summed E-state index contributed by atoms with van der Waals surface area (Å²) in [6, 6.07) is 62.3. The van der Waals surface area contributed by atoms with E-state index in [9.17, 15) is 0 Å². The molecule has 0 saturated heterocycles. The van der Waals surface area contributed by atoms with Crippen molar-refractivity contribution in [3.8, 4) is 61.8 Å². The maximum atomic E-state index is 5.24. The van der Waals surface area contributed by atoms with Crippen LogP contribution in [0.4, 0.5) is 0 Å². The Bertz CT molecular complexity index is 2630. The van der Waals surface area contributed by atoms with Gasteiger partial charge in [-0.2, -0.15) is 0 Å². The van der Waals surface area contributed by atoms with Crippen LogP contribution >= 0.6 is 0 Å². The van der Waals surface area contributed by atoms with Gasteiger partial charge in [0.2, 0.25) is 0 Å². The number of rotatable bonds is 6. The molecule has 0 aliphatic heterocycles. The van der Waals surface area contributed by atoms with Gasteiger partial charge in [-0.1, -0.05) is 160 Å². The molecule has 0 N–H and O–H groups in total. The molecule has 0 atom stereocenters. The Morgan fingerprint density at radius 2 is 0.792 bits per heavy atom. The van der Waals surface area contributed by atoms with Gasteiger partial charge in [0.05, 0.1) is 16.7 Å². The Morgan fingerprint density at radius 1 is 0.377 bits per heavy atom. The summed E-state index contributed by atoms with van der Waals surface area (Å²) < 4.78 is 2.39. The molecule has 7 aromatic carbocycles. The fourth-order valence-electron chi connectivity index (χ4n) is 7.17. The first-order valence-electron chi connectivity index (χ1n) is 18.1. The Balaban J connectivity index is 1.35. The summed E-state index contributed by atoms with van der Waals surface area (Å²) in [4.78, 5) is 15.5. The smallest absolute Gasteiger partial charge is 0.165 e. The van der Waals surface area contributed by atoms with Gasteiger partial charge in [0.15, 0.2) is 11.6 Å². The summed E-state index contributed by atoms with van der Waals surface area (Å²) in [5.74, 6) is 2.06. The minimum Gasteiger partial charge on any atom is -0.308 e. The van der Waals surface area contributed by atoms with Crippen LogP contribution in [0.3, 0.4) is 0 Å². The predicted octanol–water partition coefficient (Wildman–Crippen LogP) is 12.6. The van der Waals surface area contributed by atoms with Crippen LogP contribution in [0.2, 0.25) is 0 Å². The van der Waals surface area contributed by atoms with Crippen LogP contribution in [-0.2, 0) is 5.41 Å². The van der Waals surface area contributed by atoms with Crippen LogP contribution in [0.5, 0.6) is 0 Å². The van der Waals surface area contributed by atoms with E-state index in [2.05, 4.69) is 183 Å². The Morgan fingerprint density at radius 3 is 1.26 bits per heavy atom. The van der Waals surface area contributed by atoms with Gasteiger partial charge in [-0.25, -0.2) is 15.0 Å². The summed E-state index contributed by atoms with van der Waals surface area (Å²) in [6.45, 7) is 6.47. The van der Waals surface area contributed by atoms with Gasteiger partial charge in [0.25, 0.3) is 0 Å². The van der Waals surface area contributed by atoms with E-state index in [1.54, 1.807) is 0 Å². The molecule has 2 aromatic heterocycles. The van der Waals surface area contributed by atoms with Crippen molar-refractivity contribution in [2.24, 2.45) is 0 Å². The van der Waals surface area contributed by atoms with E-state index in [4.69, 9.17) is 15.0 Å². The van der Waals surface area contributed by atoms with Crippen LogP contribution < -0.4 is 0 Å². The molecule has 0 fully saturated rings. The summed E-state index contributed by atoms with van der Waals surface area (Å²) in [5.41, 5.74) is 11.8. The fraction of sp³-hybridized carbons (Fsp3) is 0.0816. The van der Waals surface area contributed by atoms with Crippen molar-refractivity contribution in [2.45, 2.75) is 26.2 Å². The van der Waals surface area contributed by atoms with Crippen LogP contribution in [0, 0.1) is 0 Å². The molecular weight excluding hydrogens is 645 g/mol. The van der Waals surface area contributed by atoms with E-state index in [0.29, 0.717) is 11.6 Å². The van der Waals surface area contributed by atoms with Gasteiger partial charge in [0, 0.05) is 27.3 Å². The molecule has 0 spiro atoms. The SMILES string of the molecule is CC(C)(C)c1nc(-c2ccccc2)nc(-c2cc(-c3ccccc3)ccc2-n2c3ccc(-c4ccccc4)cc3c3cc(-c4ccccc4)ccc32)n1. The summed E-state index contributed by atoms with van der Waals surface area (Å²) in [5, 5.41) is 2.38. The van der Waals surface area contributed by atoms with Gasteiger partial charge >= 0.3 is 0 Å². The zero-order chi connectivity index (χ0) is 35.9. The van der Waals surface area contributed by atoms with E-state index < -0.39 is 0 Å². The molecule has 0 amide bonds. The first kappa shape index (κ1) is 32.3. The van der Waals surface area contributed by atoms with Gasteiger partial charge in [-0.3, -0.25) is 0 Å². The quantitative estimate of drug-likeness (QED) is 0.175. The normalized spacial score (nSPS) is 11.7. The molecule has 254 valence electrons. The summed E-state index contributed by atoms with van der Waals surface area (Å²) in [7, 11) is 0. The number of fused-ring (bicyclic) bond motifs is 3. The number of aromatic nitrogens is 4. The third-order valence-corrected chi connectivity index (χ3v) is 9.90. The highest BCUT2D eigenvalue weighted by atomic mass is 15.1. The molecule has 0 aliphatic carbocycles. The van der Waals surface area contributed by atoms with E-state index in [1.807, 2.05) is 18.2 Å². The monoisotopic (exact) mass is 682 g/mol. The van der Waals surface area contributed by atoms with Gasteiger partial charge < -0.3 is 4.57 Å². The summed E-state index contributed by atoms with van der Waals surface area (Å²) in [6.07, 6.45) is 0. The van der Waals surface area contributed by atoms with E-state index in [1.165, 1.54) is 33.0 Å². The van der Waals surface area contributed by atoms with Crippen molar-refractivity contribution in [3.05, 3.63) is 182 Å². The third-order valence-electron chi connectivity index (χ3n) is 9.90. The third kappa shape index (κ3) is 6.08. The van der Waals surface area contributed by atoms with Crippen molar-refractivity contribution in [3.63, 3.8) is 0 Å². The van der Waals surface area contributed by atoms with E-state index in [-0.39, 0.29) is 5.41 Å². The Kier molecular flexibility index (Phi) is 8.01. The molecule has 0 aliphatic rings. The second-order valence-corrected chi connectivity index (χ2v) is 14.6. The van der Waals surface area contributed by atoms with Crippen molar-refractivity contribution in [1.82, 2.24) is 19.5 Å². The van der Waals surface area contributed by atoms with Crippen molar-refractivity contribution >= 4 is 21.8 Å². The lowest BCUT2D eigenvalue weighted by atomic mass is 9.95. The first-order valence-corrected chi connectivity index (χ1v) is 18.1. The Hall–Kier alpha value is -6.65. The maximum absolute atomic E-state index is 5.24. The lowest BCUT2D eigenvalue weighted by Gasteiger charge is -2.20. The highest BCUT2D eigenvalue weighted by molar-refractivity contribution is 6.12. The molecule has 0 bridgehead atoms. The van der Waals surface area contributed by atoms with E-state index in [0.717, 1.165) is 44.8 Å². The second kappa shape index (κ2) is 13.2. The zero-order valence-corrected chi connectivity index (χ0v) is 30.0. The van der Waals surface area contributed by atoms with Crippen molar-refractivity contribution in [2.75, 3.05) is 0 Å². The largest absolute Gasteiger partial charge is 0.308 e. The van der Waals surface area contributed by atoms with Crippen molar-refractivity contribution < 1.29 is 0 Å². The predicted molar refractivity (Wildman–Crippen MR) is 220 cm³/mol. The van der Waals surface area contributed by atoms with Crippen molar-refractivity contribution in [1.29, 1.82) is 0 Å². The lowest BCUT2D eigenvalue weighted by Crippen LogP contribution is -2.18. The minimum absolute atomic E-state index is 0.299. The first-order chi connectivity index (χ1) is 25.9. The molecule has 0 unspecified atom stereocenters. The highest BCUT2D eigenvalue weighted by Gasteiger charge is 2.24. The molecule has 53 heavy (non-hydrogen) atoms. The molecule has 4 heteroatoms. The molecule has 0 radical (unpaired) electrons. The van der Waals surface area contributed by atoms with Crippen LogP contribution in [0.25, 0.3) is 83.6 Å². The maximum Gasteiger partial charge on any atom is 0.165 e. The number of benzene rings is 7.